The average molecular weight is 291 g/mol. The molecule has 1 aliphatic rings. The first-order valence-corrected chi connectivity index (χ1v) is 6.68. The number of benzene rings is 2. The third-order valence-electron chi connectivity index (χ3n) is 3.40. The molecule has 0 spiro atoms. The Morgan fingerprint density at radius 1 is 1.24 bits per heavy atom. The van der Waals surface area contributed by atoms with E-state index in [1.807, 2.05) is 31.2 Å². The summed E-state index contributed by atoms with van der Waals surface area (Å²) in [5.41, 5.74) is 2.78. The van der Waals surface area contributed by atoms with Crippen LogP contribution in [0.1, 0.15) is 17.2 Å². The molecule has 1 N–H and O–H groups in total. The van der Waals surface area contributed by atoms with Crippen LogP contribution in [0.2, 0.25) is 0 Å². The van der Waals surface area contributed by atoms with Crippen molar-refractivity contribution in [2.45, 2.75) is 19.6 Å². The molecule has 0 saturated carbocycles. The summed E-state index contributed by atoms with van der Waals surface area (Å²) in [6.45, 7) is -0.276. The van der Waals surface area contributed by atoms with Crippen molar-refractivity contribution >= 4 is 5.69 Å². The molecule has 3 nitrogen and oxygen atoms in total. The smallest absolute Gasteiger partial charge is 0.387 e. The van der Waals surface area contributed by atoms with Gasteiger partial charge in [-0.15, -0.1) is 0 Å². The number of hydrogen-bond acceptors (Lipinski definition) is 3. The van der Waals surface area contributed by atoms with Gasteiger partial charge in [0.05, 0.1) is 12.2 Å². The Balaban J connectivity index is 1.84. The number of alkyl halides is 2. The lowest BCUT2D eigenvalue weighted by atomic mass is 10.1. The van der Waals surface area contributed by atoms with Gasteiger partial charge in [0.25, 0.3) is 0 Å². The summed E-state index contributed by atoms with van der Waals surface area (Å²) in [5, 5.41) is 3.30. The van der Waals surface area contributed by atoms with Crippen LogP contribution < -0.4 is 14.8 Å². The highest BCUT2D eigenvalue weighted by molar-refractivity contribution is 5.61. The predicted octanol–water partition coefficient (Wildman–Crippen LogP) is 4.14. The monoisotopic (exact) mass is 291 g/mol. The van der Waals surface area contributed by atoms with Crippen molar-refractivity contribution in [2.24, 2.45) is 0 Å². The van der Waals surface area contributed by atoms with Crippen LogP contribution in [-0.2, 0) is 0 Å². The molecule has 0 amide bonds. The third kappa shape index (κ3) is 2.91. The summed E-state index contributed by atoms with van der Waals surface area (Å²) in [7, 11) is 0. The van der Waals surface area contributed by atoms with Gasteiger partial charge in [0, 0.05) is 0 Å². The molecular weight excluding hydrogens is 276 g/mol. The van der Waals surface area contributed by atoms with Gasteiger partial charge in [0.15, 0.2) is 0 Å². The molecule has 21 heavy (non-hydrogen) atoms. The van der Waals surface area contributed by atoms with Crippen molar-refractivity contribution in [3.63, 3.8) is 0 Å². The Morgan fingerprint density at radius 3 is 2.86 bits per heavy atom. The highest BCUT2D eigenvalue weighted by atomic mass is 19.3. The lowest BCUT2D eigenvalue weighted by Gasteiger charge is -2.29. The van der Waals surface area contributed by atoms with Gasteiger partial charge >= 0.3 is 6.61 Å². The number of ether oxygens (including phenoxy) is 2. The van der Waals surface area contributed by atoms with Crippen LogP contribution in [0.15, 0.2) is 42.5 Å². The highest BCUT2D eigenvalue weighted by Gasteiger charge is 2.22. The Hall–Kier alpha value is -2.30. The fourth-order valence-electron chi connectivity index (χ4n) is 2.41. The molecule has 110 valence electrons. The van der Waals surface area contributed by atoms with E-state index < -0.39 is 6.61 Å². The number of anilines is 1. The van der Waals surface area contributed by atoms with E-state index in [4.69, 9.17) is 4.74 Å². The van der Waals surface area contributed by atoms with Crippen LogP contribution in [0.25, 0.3) is 0 Å². The van der Waals surface area contributed by atoms with Gasteiger partial charge in [-0.05, 0) is 36.2 Å². The standard InChI is InChI=1S/C16H15F2NO2/c1-10-4-2-7-13-15(10)21-14(9-19-13)11-5-3-6-12(8-11)20-16(17)18/h2-8,14,16,19H,9H2,1H3. The van der Waals surface area contributed by atoms with Crippen molar-refractivity contribution in [1.29, 1.82) is 0 Å². The van der Waals surface area contributed by atoms with Crippen LogP contribution in [0.5, 0.6) is 11.5 Å². The van der Waals surface area contributed by atoms with Crippen molar-refractivity contribution in [3.05, 3.63) is 53.6 Å². The van der Waals surface area contributed by atoms with E-state index in [1.165, 1.54) is 6.07 Å². The number of nitrogens with one attached hydrogen (secondary N) is 1. The number of aryl methyl sites for hydroxylation is 1. The minimum Gasteiger partial charge on any atom is -0.481 e. The van der Waals surface area contributed by atoms with Crippen LogP contribution in [0, 0.1) is 6.92 Å². The van der Waals surface area contributed by atoms with E-state index in [9.17, 15) is 8.78 Å². The second-order valence-electron chi connectivity index (χ2n) is 4.89. The molecule has 1 unspecified atom stereocenters. The van der Waals surface area contributed by atoms with Crippen molar-refractivity contribution in [1.82, 2.24) is 0 Å². The fraction of sp³-hybridized carbons (Fsp3) is 0.250. The van der Waals surface area contributed by atoms with Gasteiger partial charge in [-0.1, -0.05) is 24.3 Å². The normalized spacial score (nSPS) is 16.9. The Bertz CT molecular complexity index is 646. The summed E-state index contributed by atoms with van der Waals surface area (Å²) in [4.78, 5) is 0. The minimum atomic E-state index is -2.83. The summed E-state index contributed by atoms with van der Waals surface area (Å²) >= 11 is 0. The summed E-state index contributed by atoms with van der Waals surface area (Å²) in [6.07, 6.45) is -0.236. The van der Waals surface area contributed by atoms with Gasteiger partial charge < -0.3 is 14.8 Å². The fourth-order valence-corrected chi connectivity index (χ4v) is 2.41. The number of para-hydroxylation sites is 1. The third-order valence-corrected chi connectivity index (χ3v) is 3.40. The Labute approximate surface area is 121 Å². The first-order valence-electron chi connectivity index (χ1n) is 6.68. The second-order valence-corrected chi connectivity index (χ2v) is 4.89. The molecule has 1 heterocycles. The summed E-state index contributed by atoms with van der Waals surface area (Å²) in [6, 6.07) is 12.5. The van der Waals surface area contributed by atoms with Gasteiger partial charge in [-0.25, -0.2) is 0 Å². The predicted molar refractivity (Wildman–Crippen MR) is 76.1 cm³/mol. The van der Waals surface area contributed by atoms with Gasteiger partial charge in [0.1, 0.15) is 17.6 Å². The average Bonchev–Trinajstić information content (AvgIpc) is 2.47. The summed E-state index contributed by atoms with van der Waals surface area (Å²) in [5.74, 6) is 0.940. The number of halogens is 2. The number of hydrogen-bond donors (Lipinski definition) is 1. The van der Waals surface area contributed by atoms with Gasteiger partial charge in [0.2, 0.25) is 0 Å². The van der Waals surface area contributed by atoms with Crippen molar-refractivity contribution in [2.75, 3.05) is 11.9 Å². The van der Waals surface area contributed by atoms with E-state index in [2.05, 4.69) is 10.1 Å². The Kier molecular flexibility index (Phi) is 3.64. The lowest BCUT2D eigenvalue weighted by Crippen LogP contribution is -2.24. The van der Waals surface area contributed by atoms with Crippen molar-refractivity contribution < 1.29 is 18.3 Å². The first-order chi connectivity index (χ1) is 10.1. The lowest BCUT2D eigenvalue weighted by molar-refractivity contribution is -0.0499. The zero-order chi connectivity index (χ0) is 14.8. The highest BCUT2D eigenvalue weighted by Crippen LogP contribution is 2.37. The SMILES string of the molecule is Cc1cccc2c1OC(c1cccc(OC(F)F)c1)CN2. The molecular formula is C16H15F2NO2. The van der Waals surface area contributed by atoms with Crippen LogP contribution in [-0.4, -0.2) is 13.2 Å². The van der Waals surface area contributed by atoms with Crippen LogP contribution >= 0.6 is 0 Å². The van der Waals surface area contributed by atoms with E-state index in [0.29, 0.717) is 6.54 Å². The molecule has 0 aromatic heterocycles. The molecule has 1 aliphatic heterocycles. The number of fused-ring (bicyclic) bond motifs is 1. The number of rotatable bonds is 3. The van der Waals surface area contributed by atoms with E-state index >= 15 is 0 Å². The van der Waals surface area contributed by atoms with Crippen LogP contribution in [0.3, 0.4) is 0 Å². The maximum atomic E-state index is 12.3. The van der Waals surface area contributed by atoms with Crippen molar-refractivity contribution in [3.8, 4) is 11.5 Å². The quantitative estimate of drug-likeness (QED) is 0.921. The molecule has 2 aromatic rings. The van der Waals surface area contributed by atoms with E-state index in [0.717, 1.165) is 22.6 Å². The first kappa shape index (κ1) is 13.7. The van der Waals surface area contributed by atoms with E-state index in [-0.39, 0.29) is 11.9 Å². The molecule has 0 radical (unpaired) electrons. The van der Waals surface area contributed by atoms with Crippen LogP contribution in [0.4, 0.5) is 14.5 Å². The molecule has 0 saturated heterocycles. The van der Waals surface area contributed by atoms with Gasteiger partial charge in [-0.2, -0.15) is 8.78 Å². The molecule has 0 aliphatic carbocycles. The zero-order valence-electron chi connectivity index (χ0n) is 11.5. The molecule has 2 aromatic carbocycles. The minimum absolute atomic E-state index is 0.140. The van der Waals surface area contributed by atoms with Gasteiger partial charge in [-0.3, -0.25) is 0 Å². The molecule has 0 bridgehead atoms. The molecule has 0 fully saturated rings. The molecule has 1 atom stereocenters. The second kappa shape index (κ2) is 5.60. The molecule has 5 heteroatoms. The zero-order valence-corrected chi connectivity index (χ0v) is 11.5. The molecule has 3 rings (SSSR count). The summed E-state index contributed by atoms with van der Waals surface area (Å²) < 4.78 is 35.0. The topological polar surface area (TPSA) is 30.5 Å². The maximum Gasteiger partial charge on any atom is 0.387 e. The maximum absolute atomic E-state index is 12.3. The largest absolute Gasteiger partial charge is 0.481 e. The Morgan fingerprint density at radius 2 is 2.05 bits per heavy atom. The van der Waals surface area contributed by atoms with E-state index in [1.54, 1.807) is 12.1 Å².